The summed E-state index contributed by atoms with van der Waals surface area (Å²) in [6.07, 6.45) is 3.91. The molecule has 0 unspecified atom stereocenters. The molecule has 0 amide bonds. The summed E-state index contributed by atoms with van der Waals surface area (Å²) < 4.78 is 0. The number of aromatic nitrogens is 1. The molecular weight excluding hydrogens is 100 g/mol. The molecule has 1 rings (SSSR count). The van der Waals surface area contributed by atoms with E-state index in [0.29, 0.717) is 0 Å². The summed E-state index contributed by atoms with van der Waals surface area (Å²) in [4.78, 5) is 2.97. The Hall–Kier alpha value is -0.760. The van der Waals surface area contributed by atoms with E-state index in [9.17, 15) is 0 Å². The van der Waals surface area contributed by atoms with Crippen molar-refractivity contribution >= 4 is 0 Å². The number of rotatable bonds is 2. The van der Waals surface area contributed by atoms with Crippen molar-refractivity contribution in [3.63, 3.8) is 0 Å². The van der Waals surface area contributed by atoms with Crippen LogP contribution >= 0.6 is 0 Å². The Morgan fingerprint density at radius 2 is 2.62 bits per heavy atom. The number of nitrogens with one attached hydrogen (secondary N) is 2. The first-order valence-electron chi connectivity index (χ1n) is 2.70. The largest absolute Gasteiger partial charge is 0.367 e. The van der Waals surface area contributed by atoms with Crippen LogP contribution in [-0.2, 0) is 6.54 Å². The van der Waals surface area contributed by atoms with E-state index in [1.54, 1.807) is 0 Å². The fourth-order valence-corrected chi connectivity index (χ4v) is 0.672. The Morgan fingerprint density at radius 3 is 3.12 bits per heavy atom. The summed E-state index contributed by atoms with van der Waals surface area (Å²) in [6, 6.07) is 2.05. The summed E-state index contributed by atoms with van der Waals surface area (Å²) in [7, 11) is 1.94. The Morgan fingerprint density at radius 1 is 1.75 bits per heavy atom. The molecule has 1 aromatic rings. The van der Waals surface area contributed by atoms with Gasteiger partial charge < -0.3 is 10.3 Å². The average molecular weight is 110 g/mol. The molecule has 0 radical (unpaired) electrons. The molecule has 0 saturated heterocycles. The van der Waals surface area contributed by atoms with Gasteiger partial charge in [-0.05, 0) is 18.7 Å². The number of aromatic amines is 1. The topological polar surface area (TPSA) is 27.8 Å². The van der Waals surface area contributed by atoms with E-state index >= 15 is 0 Å². The first-order chi connectivity index (χ1) is 3.93. The van der Waals surface area contributed by atoms with Crippen LogP contribution in [0, 0.1) is 0 Å². The maximum absolute atomic E-state index is 3.05. The maximum Gasteiger partial charge on any atom is 0.0217 e. The molecule has 0 bridgehead atoms. The zero-order chi connectivity index (χ0) is 5.82. The van der Waals surface area contributed by atoms with E-state index in [4.69, 9.17) is 0 Å². The standard InChI is InChI=1S/C6H10N2/c1-7-4-6-2-3-8-5-6/h2-3,5,7-8H,4H2,1H3. The molecule has 0 fully saturated rings. The molecule has 8 heavy (non-hydrogen) atoms. The highest BCUT2D eigenvalue weighted by atomic mass is 14.8. The van der Waals surface area contributed by atoms with Crippen molar-refractivity contribution in [2.24, 2.45) is 0 Å². The van der Waals surface area contributed by atoms with Crippen LogP contribution in [0.4, 0.5) is 0 Å². The minimum atomic E-state index is 0.948. The maximum atomic E-state index is 3.05. The first kappa shape index (κ1) is 5.38. The van der Waals surface area contributed by atoms with Crippen LogP contribution in [0.5, 0.6) is 0 Å². The lowest BCUT2D eigenvalue weighted by Gasteiger charge is -1.89. The molecule has 1 aromatic heterocycles. The molecule has 0 saturated carbocycles. The Labute approximate surface area is 48.9 Å². The highest BCUT2D eigenvalue weighted by molar-refractivity contribution is 5.07. The van der Waals surface area contributed by atoms with Crippen molar-refractivity contribution in [1.82, 2.24) is 10.3 Å². The van der Waals surface area contributed by atoms with Gasteiger partial charge in [-0.2, -0.15) is 0 Å². The van der Waals surface area contributed by atoms with Crippen LogP contribution in [0.15, 0.2) is 18.5 Å². The minimum Gasteiger partial charge on any atom is -0.367 e. The van der Waals surface area contributed by atoms with E-state index < -0.39 is 0 Å². The summed E-state index contributed by atoms with van der Waals surface area (Å²) >= 11 is 0. The molecular formula is C6H10N2. The second-order valence-electron chi connectivity index (χ2n) is 1.75. The van der Waals surface area contributed by atoms with Crippen molar-refractivity contribution in [2.45, 2.75) is 6.54 Å². The fraction of sp³-hybridized carbons (Fsp3) is 0.333. The van der Waals surface area contributed by atoms with E-state index in [-0.39, 0.29) is 0 Å². The molecule has 2 N–H and O–H groups in total. The molecule has 44 valence electrons. The molecule has 0 spiro atoms. The molecule has 0 aromatic carbocycles. The number of hydrogen-bond acceptors (Lipinski definition) is 1. The predicted molar refractivity (Wildman–Crippen MR) is 33.6 cm³/mol. The molecule has 2 heteroatoms. The highest BCUT2D eigenvalue weighted by Gasteiger charge is 1.84. The van der Waals surface area contributed by atoms with Crippen molar-refractivity contribution in [3.05, 3.63) is 24.0 Å². The second kappa shape index (κ2) is 2.52. The first-order valence-corrected chi connectivity index (χ1v) is 2.70. The lowest BCUT2D eigenvalue weighted by molar-refractivity contribution is 0.819. The van der Waals surface area contributed by atoms with Gasteiger partial charge in [0.1, 0.15) is 0 Å². The molecule has 0 aliphatic heterocycles. The smallest absolute Gasteiger partial charge is 0.0217 e. The van der Waals surface area contributed by atoms with Crippen molar-refractivity contribution in [1.29, 1.82) is 0 Å². The number of hydrogen-bond donors (Lipinski definition) is 2. The second-order valence-corrected chi connectivity index (χ2v) is 1.75. The SMILES string of the molecule is CNCc1cc[nH]c1. The van der Waals surface area contributed by atoms with Crippen LogP contribution < -0.4 is 5.32 Å². The zero-order valence-electron chi connectivity index (χ0n) is 4.94. The summed E-state index contributed by atoms with van der Waals surface area (Å²) in [6.45, 7) is 0.948. The normalized spacial score (nSPS) is 9.62. The minimum absolute atomic E-state index is 0.948. The van der Waals surface area contributed by atoms with Gasteiger partial charge in [0.25, 0.3) is 0 Å². The molecule has 0 atom stereocenters. The third-order valence-electron chi connectivity index (χ3n) is 1.04. The Balaban J connectivity index is 2.50. The summed E-state index contributed by atoms with van der Waals surface area (Å²) in [5.41, 5.74) is 1.30. The van der Waals surface area contributed by atoms with Gasteiger partial charge in [-0.25, -0.2) is 0 Å². The molecule has 0 aliphatic rings. The lowest BCUT2D eigenvalue weighted by atomic mass is 10.3. The average Bonchev–Trinajstić information content (AvgIpc) is 2.19. The zero-order valence-corrected chi connectivity index (χ0v) is 4.94. The van der Waals surface area contributed by atoms with E-state index in [1.165, 1.54) is 5.56 Å². The molecule has 2 nitrogen and oxygen atoms in total. The summed E-state index contributed by atoms with van der Waals surface area (Å²) in [5, 5.41) is 3.05. The van der Waals surface area contributed by atoms with E-state index in [2.05, 4.69) is 16.4 Å². The van der Waals surface area contributed by atoms with Gasteiger partial charge in [0.15, 0.2) is 0 Å². The monoisotopic (exact) mass is 110 g/mol. The van der Waals surface area contributed by atoms with Crippen LogP contribution in [-0.4, -0.2) is 12.0 Å². The Bertz CT molecular complexity index is 132. The third kappa shape index (κ3) is 1.10. The van der Waals surface area contributed by atoms with Crippen molar-refractivity contribution < 1.29 is 0 Å². The lowest BCUT2D eigenvalue weighted by Crippen LogP contribution is -2.03. The molecule has 0 aliphatic carbocycles. The quantitative estimate of drug-likeness (QED) is 0.577. The van der Waals surface area contributed by atoms with Gasteiger partial charge in [-0.3, -0.25) is 0 Å². The molecule has 1 heterocycles. The van der Waals surface area contributed by atoms with E-state index in [1.807, 2.05) is 19.4 Å². The van der Waals surface area contributed by atoms with Gasteiger partial charge >= 0.3 is 0 Å². The Kier molecular flexibility index (Phi) is 1.70. The van der Waals surface area contributed by atoms with Gasteiger partial charge in [0.2, 0.25) is 0 Å². The van der Waals surface area contributed by atoms with Crippen LogP contribution in [0.1, 0.15) is 5.56 Å². The van der Waals surface area contributed by atoms with Gasteiger partial charge in [0.05, 0.1) is 0 Å². The highest BCUT2D eigenvalue weighted by Crippen LogP contribution is 1.92. The van der Waals surface area contributed by atoms with Gasteiger partial charge in [0, 0.05) is 18.9 Å². The predicted octanol–water partition coefficient (Wildman–Crippen LogP) is 0.734. The van der Waals surface area contributed by atoms with Crippen LogP contribution in [0.3, 0.4) is 0 Å². The number of H-pyrrole nitrogens is 1. The summed E-state index contributed by atoms with van der Waals surface area (Å²) in [5.74, 6) is 0. The van der Waals surface area contributed by atoms with Crippen LogP contribution in [0.25, 0.3) is 0 Å². The van der Waals surface area contributed by atoms with Crippen molar-refractivity contribution in [2.75, 3.05) is 7.05 Å². The van der Waals surface area contributed by atoms with Gasteiger partial charge in [-0.15, -0.1) is 0 Å². The van der Waals surface area contributed by atoms with Crippen molar-refractivity contribution in [3.8, 4) is 0 Å². The van der Waals surface area contributed by atoms with Gasteiger partial charge in [-0.1, -0.05) is 0 Å². The van der Waals surface area contributed by atoms with Crippen LogP contribution in [0.2, 0.25) is 0 Å². The fourth-order valence-electron chi connectivity index (χ4n) is 0.672. The van der Waals surface area contributed by atoms with E-state index in [0.717, 1.165) is 6.54 Å². The third-order valence-corrected chi connectivity index (χ3v) is 1.04.